The quantitative estimate of drug-likeness (QED) is 0.794. The maximum absolute atomic E-state index is 13.2. The van der Waals surface area contributed by atoms with Crippen LogP contribution in [0.5, 0.6) is 0 Å². The van der Waals surface area contributed by atoms with Crippen LogP contribution in [0.2, 0.25) is 0 Å². The number of carbonyl (C=O) groups excluding carboxylic acids is 1. The number of rotatable bonds is 6. The molecule has 3 heterocycles. The van der Waals surface area contributed by atoms with Gasteiger partial charge in [-0.2, -0.15) is 0 Å². The summed E-state index contributed by atoms with van der Waals surface area (Å²) in [5.41, 5.74) is 2.93. The van der Waals surface area contributed by atoms with Gasteiger partial charge in [0.1, 0.15) is 11.5 Å². The Hall–Kier alpha value is -2.27. The zero-order valence-corrected chi connectivity index (χ0v) is 16.8. The van der Waals surface area contributed by atoms with Gasteiger partial charge in [0, 0.05) is 43.1 Å². The molecule has 0 unspecified atom stereocenters. The van der Waals surface area contributed by atoms with E-state index in [9.17, 15) is 4.79 Å². The van der Waals surface area contributed by atoms with Crippen LogP contribution in [0.3, 0.4) is 0 Å². The highest BCUT2D eigenvalue weighted by Gasteiger charge is 2.23. The number of ketones is 1. The molecule has 0 aromatic carbocycles. The van der Waals surface area contributed by atoms with Crippen LogP contribution >= 0.6 is 0 Å². The number of nitrogens with zero attached hydrogens (tertiary/aromatic N) is 3. The van der Waals surface area contributed by atoms with Crippen molar-refractivity contribution in [3.05, 3.63) is 53.0 Å². The molecule has 0 amide bonds. The summed E-state index contributed by atoms with van der Waals surface area (Å²) in [6.07, 6.45) is 3.64. The van der Waals surface area contributed by atoms with Crippen molar-refractivity contribution in [3.63, 3.8) is 0 Å². The fraction of sp³-hybridized carbons (Fsp3) is 0.500. The summed E-state index contributed by atoms with van der Waals surface area (Å²) in [6, 6.07) is 8.22. The lowest BCUT2D eigenvalue weighted by atomic mass is 10.0. The first-order valence-corrected chi connectivity index (χ1v) is 9.94. The third-order valence-electron chi connectivity index (χ3n) is 5.15. The smallest absolute Gasteiger partial charge is 0.213 e. The molecular formula is C22H30N4O. The van der Waals surface area contributed by atoms with Crippen molar-refractivity contribution in [2.75, 3.05) is 24.5 Å². The molecular weight excluding hydrogens is 336 g/mol. The van der Waals surface area contributed by atoms with Gasteiger partial charge in [-0.1, -0.05) is 26.8 Å². The fourth-order valence-corrected chi connectivity index (χ4v) is 3.75. The van der Waals surface area contributed by atoms with Gasteiger partial charge in [-0.15, -0.1) is 0 Å². The van der Waals surface area contributed by atoms with E-state index in [1.54, 1.807) is 6.20 Å². The summed E-state index contributed by atoms with van der Waals surface area (Å²) in [6.45, 7) is 11.2. The molecule has 5 nitrogen and oxygen atoms in total. The lowest BCUT2D eigenvalue weighted by Crippen LogP contribution is -2.51. The Morgan fingerprint density at radius 2 is 2.15 bits per heavy atom. The molecule has 144 valence electrons. The molecule has 0 aliphatic carbocycles. The summed E-state index contributed by atoms with van der Waals surface area (Å²) >= 11 is 0. The van der Waals surface area contributed by atoms with E-state index in [2.05, 4.69) is 48.1 Å². The average Bonchev–Trinajstić information content (AvgIpc) is 2.67. The maximum atomic E-state index is 13.2. The van der Waals surface area contributed by atoms with Gasteiger partial charge < -0.3 is 10.2 Å². The van der Waals surface area contributed by atoms with E-state index in [1.165, 1.54) is 0 Å². The minimum Gasteiger partial charge on any atom is -0.354 e. The molecule has 1 aliphatic heterocycles. The minimum atomic E-state index is -0.0341. The number of anilines is 1. The number of hydrogen-bond donors (Lipinski definition) is 1. The lowest BCUT2D eigenvalue weighted by Gasteiger charge is -2.35. The van der Waals surface area contributed by atoms with Gasteiger partial charge in [0.25, 0.3) is 0 Å². The molecule has 3 rings (SSSR count). The predicted molar refractivity (Wildman–Crippen MR) is 109 cm³/mol. The van der Waals surface area contributed by atoms with Crippen molar-refractivity contribution >= 4 is 11.6 Å². The first-order valence-electron chi connectivity index (χ1n) is 9.94. The monoisotopic (exact) mass is 366 g/mol. The number of aromatic nitrogens is 2. The number of carbonyl (C=O) groups is 1. The Labute approximate surface area is 162 Å². The summed E-state index contributed by atoms with van der Waals surface area (Å²) in [5.74, 6) is 1.52. The molecule has 1 atom stereocenters. The molecule has 1 N–H and O–H groups in total. The van der Waals surface area contributed by atoms with E-state index >= 15 is 0 Å². The Morgan fingerprint density at radius 1 is 1.33 bits per heavy atom. The van der Waals surface area contributed by atoms with Crippen molar-refractivity contribution in [1.29, 1.82) is 0 Å². The summed E-state index contributed by atoms with van der Waals surface area (Å²) < 4.78 is 0. The zero-order valence-electron chi connectivity index (χ0n) is 16.8. The normalized spacial score (nSPS) is 17.4. The van der Waals surface area contributed by atoms with Gasteiger partial charge in [0.15, 0.2) is 0 Å². The molecule has 0 radical (unpaired) electrons. The van der Waals surface area contributed by atoms with Crippen LogP contribution < -0.4 is 10.2 Å². The van der Waals surface area contributed by atoms with E-state index in [4.69, 9.17) is 4.98 Å². The molecule has 0 bridgehead atoms. The van der Waals surface area contributed by atoms with E-state index in [1.807, 2.05) is 19.1 Å². The second kappa shape index (κ2) is 8.61. The zero-order chi connectivity index (χ0) is 19.4. The number of aryl methyl sites for hydroxylation is 2. The highest BCUT2D eigenvalue weighted by molar-refractivity contribution is 6.09. The molecule has 2 aromatic rings. The lowest BCUT2D eigenvalue weighted by molar-refractivity contribution is 0.103. The second-order valence-corrected chi connectivity index (χ2v) is 7.72. The van der Waals surface area contributed by atoms with Crippen LogP contribution in [-0.4, -0.2) is 41.4 Å². The van der Waals surface area contributed by atoms with Gasteiger partial charge in [-0.05, 0) is 49.4 Å². The van der Waals surface area contributed by atoms with Gasteiger partial charge in [-0.3, -0.25) is 9.78 Å². The topological polar surface area (TPSA) is 58.1 Å². The van der Waals surface area contributed by atoms with Crippen LogP contribution in [0.25, 0.3) is 0 Å². The molecule has 1 fully saturated rings. The highest BCUT2D eigenvalue weighted by atomic mass is 16.1. The number of piperazine rings is 1. The van der Waals surface area contributed by atoms with Crippen LogP contribution in [-0.2, 0) is 6.42 Å². The maximum Gasteiger partial charge on any atom is 0.213 e. The largest absolute Gasteiger partial charge is 0.354 e. The highest BCUT2D eigenvalue weighted by Crippen LogP contribution is 2.22. The van der Waals surface area contributed by atoms with E-state index in [0.717, 1.165) is 49.6 Å². The standard InChI is InChI=1S/C22H30N4O/c1-5-17-8-9-20(26-12-11-24-18(14-26)13-15(2)3)25-21(17)22(27)19-7-6-10-23-16(19)4/h6-10,15,18,24H,5,11-14H2,1-4H3/t18-/m0/s1. The van der Waals surface area contributed by atoms with Crippen LogP contribution in [0, 0.1) is 12.8 Å². The Kier molecular flexibility index (Phi) is 6.22. The van der Waals surface area contributed by atoms with Crippen molar-refractivity contribution in [2.45, 2.75) is 46.6 Å². The van der Waals surface area contributed by atoms with Gasteiger partial charge in [0.2, 0.25) is 5.78 Å². The fourth-order valence-electron chi connectivity index (χ4n) is 3.75. The molecule has 5 heteroatoms. The van der Waals surface area contributed by atoms with Crippen molar-refractivity contribution < 1.29 is 4.79 Å². The van der Waals surface area contributed by atoms with E-state index in [0.29, 0.717) is 23.2 Å². The molecule has 2 aromatic heterocycles. The number of nitrogens with one attached hydrogen (secondary N) is 1. The average molecular weight is 367 g/mol. The third kappa shape index (κ3) is 4.53. The van der Waals surface area contributed by atoms with Crippen molar-refractivity contribution in [1.82, 2.24) is 15.3 Å². The van der Waals surface area contributed by atoms with Crippen molar-refractivity contribution in [2.24, 2.45) is 5.92 Å². The molecule has 0 spiro atoms. The second-order valence-electron chi connectivity index (χ2n) is 7.72. The van der Waals surface area contributed by atoms with Gasteiger partial charge >= 0.3 is 0 Å². The van der Waals surface area contributed by atoms with Crippen molar-refractivity contribution in [3.8, 4) is 0 Å². The SMILES string of the molecule is CCc1ccc(N2CCN[C@@H](CC(C)C)C2)nc1C(=O)c1cccnc1C. The Balaban J connectivity index is 1.90. The first-order chi connectivity index (χ1) is 13.0. The molecule has 27 heavy (non-hydrogen) atoms. The van der Waals surface area contributed by atoms with Crippen LogP contribution in [0.4, 0.5) is 5.82 Å². The Morgan fingerprint density at radius 3 is 2.85 bits per heavy atom. The van der Waals surface area contributed by atoms with Gasteiger partial charge in [-0.25, -0.2) is 4.98 Å². The van der Waals surface area contributed by atoms with E-state index < -0.39 is 0 Å². The first kappa shape index (κ1) is 19.5. The van der Waals surface area contributed by atoms with Crippen LogP contribution in [0.15, 0.2) is 30.5 Å². The summed E-state index contributed by atoms with van der Waals surface area (Å²) in [5, 5.41) is 3.60. The molecule has 1 aliphatic rings. The summed E-state index contributed by atoms with van der Waals surface area (Å²) in [4.78, 5) is 24.5. The van der Waals surface area contributed by atoms with Crippen LogP contribution in [0.1, 0.15) is 54.5 Å². The summed E-state index contributed by atoms with van der Waals surface area (Å²) in [7, 11) is 0. The number of pyridine rings is 2. The predicted octanol–water partition coefficient (Wildman–Crippen LogP) is 3.40. The Bertz CT molecular complexity index is 803. The molecule has 0 saturated carbocycles. The molecule has 1 saturated heterocycles. The van der Waals surface area contributed by atoms with Gasteiger partial charge in [0.05, 0.1) is 0 Å². The third-order valence-corrected chi connectivity index (χ3v) is 5.15. The minimum absolute atomic E-state index is 0.0341. The number of hydrogen-bond acceptors (Lipinski definition) is 5. The van der Waals surface area contributed by atoms with E-state index in [-0.39, 0.29) is 5.78 Å².